The minimum atomic E-state index is -4.47. The van der Waals surface area contributed by atoms with E-state index in [0.717, 1.165) is 24.8 Å². The van der Waals surface area contributed by atoms with Crippen LogP contribution in [-0.4, -0.2) is 12.5 Å². The number of hydrogen-bond acceptors (Lipinski definition) is 2. The molecule has 2 nitrogen and oxygen atoms in total. The van der Waals surface area contributed by atoms with E-state index in [9.17, 15) is 17.6 Å². The van der Waals surface area contributed by atoms with Crippen molar-refractivity contribution in [3.05, 3.63) is 29.8 Å². The number of benzene rings is 1. The molecule has 1 aliphatic rings. The van der Waals surface area contributed by atoms with Gasteiger partial charge < -0.3 is 10.5 Å². The van der Waals surface area contributed by atoms with Crippen LogP contribution < -0.4 is 10.5 Å². The third-order valence-corrected chi connectivity index (χ3v) is 3.43. The monoisotopic (exact) mass is 313 g/mol. The molecule has 1 saturated carbocycles. The lowest BCUT2D eigenvalue weighted by Crippen LogP contribution is -2.33. The van der Waals surface area contributed by atoms with Gasteiger partial charge in [0, 0.05) is 6.04 Å². The van der Waals surface area contributed by atoms with E-state index < -0.39 is 12.5 Å². The minimum Gasteiger partial charge on any atom is -0.428 e. The van der Waals surface area contributed by atoms with Crippen LogP contribution in [0.15, 0.2) is 24.3 Å². The normalized spacial score (nSPS) is 17.3. The fraction of sp³-hybridized carbons (Fsp3) is 0.538. The first kappa shape index (κ1) is 17.0. The van der Waals surface area contributed by atoms with E-state index in [-0.39, 0.29) is 24.2 Å². The zero-order valence-electron chi connectivity index (χ0n) is 10.6. The highest BCUT2D eigenvalue weighted by molar-refractivity contribution is 5.85. The lowest BCUT2D eigenvalue weighted by Gasteiger charge is -2.31. The van der Waals surface area contributed by atoms with Crippen molar-refractivity contribution in [3.63, 3.8) is 0 Å². The number of nitrogens with two attached hydrogens (primary N) is 1. The number of rotatable bonds is 5. The molecule has 1 atom stereocenters. The summed E-state index contributed by atoms with van der Waals surface area (Å²) < 4.78 is 53.3. The van der Waals surface area contributed by atoms with Gasteiger partial charge in [-0.1, -0.05) is 18.6 Å². The number of ether oxygens (including phenoxy) is 1. The van der Waals surface area contributed by atoms with Crippen molar-refractivity contribution in [2.24, 2.45) is 11.7 Å². The second kappa shape index (κ2) is 6.63. The van der Waals surface area contributed by atoms with Crippen molar-refractivity contribution >= 4 is 12.4 Å². The molecule has 0 bridgehead atoms. The molecule has 114 valence electrons. The van der Waals surface area contributed by atoms with Gasteiger partial charge in [-0.3, -0.25) is 0 Å². The van der Waals surface area contributed by atoms with E-state index in [4.69, 9.17) is 5.73 Å². The summed E-state index contributed by atoms with van der Waals surface area (Å²) in [7, 11) is 0. The summed E-state index contributed by atoms with van der Waals surface area (Å²) in [5.74, 6) is 0.115. The van der Waals surface area contributed by atoms with Crippen LogP contribution in [0.2, 0.25) is 0 Å². The van der Waals surface area contributed by atoms with Crippen LogP contribution in [0.25, 0.3) is 0 Å². The lowest BCUT2D eigenvalue weighted by molar-refractivity contribution is -0.253. The molecule has 0 radical (unpaired) electrons. The van der Waals surface area contributed by atoms with E-state index in [1.165, 1.54) is 12.1 Å². The van der Waals surface area contributed by atoms with Crippen molar-refractivity contribution < 1.29 is 22.3 Å². The first-order valence-corrected chi connectivity index (χ1v) is 6.10. The Morgan fingerprint density at radius 1 is 1.15 bits per heavy atom. The maximum Gasteiger partial charge on any atom is 0.461 e. The molecule has 20 heavy (non-hydrogen) atoms. The third kappa shape index (κ3) is 3.76. The van der Waals surface area contributed by atoms with Gasteiger partial charge in [0.2, 0.25) is 0 Å². The quantitative estimate of drug-likeness (QED) is 0.829. The van der Waals surface area contributed by atoms with E-state index in [1.54, 1.807) is 12.1 Å². The fourth-order valence-corrected chi connectivity index (χ4v) is 2.03. The van der Waals surface area contributed by atoms with Crippen LogP contribution >= 0.6 is 12.4 Å². The third-order valence-electron chi connectivity index (χ3n) is 3.43. The summed E-state index contributed by atoms with van der Waals surface area (Å²) in [6.45, 7) is 0. The van der Waals surface area contributed by atoms with Gasteiger partial charge in [0.1, 0.15) is 5.75 Å². The summed E-state index contributed by atoms with van der Waals surface area (Å²) in [5.41, 5.74) is 6.82. The Kier molecular flexibility index (Phi) is 5.65. The maximum atomic E-state index is 12.7. The lowest BCUT2D eigenvalue weighted by atomic mass is 9.78. The van der Waals surface area contributed by atoms with Crippen molar-refractivity contribution in [1.82, 2.24) is 0 Å². The van der Waals surface area contributed by atoms with Gasteiger partial charge >= 0.3 is 12.5 Å². The van der Waals surface area contributed by atoms with Crippen LogP contribution in [0.1, 0.15) is 30.9 Å². The van der Waals surface area contributed by atoms with Gasteiger partial charge in [0.05, 0.1) is 0 Å². The predicted octanol–water partition coefficient (Wildman–Crippen LogP) is 4.15. The second-order valence-electron chi connectivity index (χ2n) is 4.75. The Morgan fingerprint density at radius 3 is 2.10 bits per heavy atom. The average Bonchev–Trinajstić information content (AvgIpc) is 2.26. The zero-order chi connectivity index (χ0) is 14.0. The highest BCUT2D eigenvalue weighted by atomic mass is 35.5. The van der Waals surface area contributed by atoms with Crippen LogP contribution in [-0.2, 0) is 0 Å². The molecule has 7 heteroatoms. The van der Waals surface area contributed by atoms with Crippen molar-refractivity contribution in [2.45, 2.75) is 37.8 Å². The molecule has 2 rings (SSSR count). The highest BCUT2D eigenvalue weighted by Crippen LogP contribution is 2.36. The summed E-state index contributed by atoms with van der Waals surface area (Å²) in [6.07, 6.45) is -5.06. The largest absolute Gasteiger partial charge is 0.461 e. The smallest absolute Gasteiger partial charge is 0.428 e. The van der Waals surface area contributed by atoms with Crippen molar-refractivity contribution in [2.75, 3.05) is 0 Å². The molecule has 0 unspecified atom stereocenters. The Hall–Kier alpha value is -1.01. The fourth-order valence-electron chi connectivity index (χ4n) is 2.03. The molecule has 0 heterocycles. The number of alkyl halides is 4. The van der Waals surface area contributed by atoms with E-state index in [1.807, 2.05) is 0 Å². The average molecular weight is 314 g/mol. The van der Waals surface area contributed by atoms with Crippen LogP contribution in [0.4, 0.5) is 17.6 Å². The zero-order valence-corrected chi connectivity index (χ0v) is 11.4. The molecule has 1 aromatic carbocycles. The standard InChI is InChI=1S/C13H15F4NO.ClH/c14-12(15)13(16,17)19-10-6-4-9(5-7-10)11(18)8-2-1-3-8;/h4-8,11-12H,1-3,18H2;1H/t11-;/m1./s1. The molecular formula is C13H16ClF4NO. The SMILES string of the molecule is Cl.N[C@@H](c1ccc(OC(F)(F)C(F)F)cc1)C1CCC1. The summed E-state index contributed by atoms with van der Waals surface area (Å²) >= 11 is 0. The first-order chi connectivity index (χ1) is 8.90. The van der Waals surface area contributed by atoms with Gasteiger partial charge in [-0.15, -0.1) is 12.4 Å². The predicted molar refractivity (Wildman–Crippen MR) is 69.5 cm³/mol. The second-order valence-corrected chi connectivity index (χ2v) is 4.75. The van der Waals surface area contributed by atoms with Gasteiger partial charge in [-0.2, -0.15) is 17.6 Å². The molecule has 2 N–H and O–H groups in total. The molecule has 0 aliphatic heterocycles. The minimum absolute atomic E-state index is 0. The molecule has 0 spiro atoms. The summed E-state index contributed by atoms with van der Waals surface area (Å²) in [4.78, 5) is 0. The molecule has 0 saturated heterocycles. The molecule has 0 aromatic heterocycles. The van der Waals surface area contributed by atoms with E-state index >= 15 is 0 Å². The Morgan fingerprint density at radius 2 is 1.70 bits per heavy atom. The van der Waals surface area contributed by atoms with Gasteiger partial charge in [0.15, 0.2) is 0 Å². The molecule has 0 amide bonds. The molecular weight excluding hydrogens is 298 g/mol. The van der Waals surface area contributed by atoms with Crippen LogP contribution in [0.3, 0.4) is 0 Å². The summed E-state index contributed by atoms with van der Waals surface area (Å²) in [5, 5.41) is 0. The van der Waals surface area contributed by atoms with Crippen molar-refractivity contribution in [3.8, 4) is 5.75 Å². The molecule has 1 aromatic rings. The topological polar surface area (TPSA) is 35.2 Å². The van der Waals surface area contributed by atoms with Gasteiger partial charge in [-0.05, 0) is 36.5 Å². The number of halogens is 5. The van der Waals surface area contributed by atoms with Gasteiger partial charge in [-0.25, -0.2) is 0 Å². The van der Waals surface area contributed by atoms with Gasteiger partial charge in [0.25, 0.3) is 0 Å². The van der Waals surface area contributed by atoms with Crippen molar-refractivity contribution in [1.29, 1.82) is 0 Å². The maximum absolute atomic E-state index is 12.7. The summed E-state index contributed by atoms with van der Waals surface area (Å²) in [6, 6.07) is 5.42. The highest BCUT2D eigenvalue weighted by Gasteiger charge is 2.43. The van der Waals surface area contributed by atoms with Crippen LogP contribution in [0.5, 0.6) is 5.75 Å². The first-order valence-electron chi connectivity index (χ1n) is 6.10. The number of hydrogen-bond donors (Lipinski definition) is 1. The Labute approximate surface area is 120 Å². The Balaban J connectivity index is 0.00000200. The van der Waals surface area contributed by atoms with Crippen LogP contribution in [0, 0.1) is 5.92 Å². The molecule has 1 fully saturated rings. The Bertz CT molecular complexity index is 423. The van der Waals surface area contributed by atoms with E-state index in [2.05, 4.69) is 4.74 Å². The van der Waals surface area contributed by atoms with E-state index in [0.29, 0.717) is 5.92 Å². The molecule has 1 aliphatic carbocycles.